The molecule has 108 valence electrons. The minimum absolute atomic E-state index is 0.334. The molecule has 1 fully saturated rings. The summed E-state index contributed by atoms with van der Waals surface area (Å²) >= 11 is 0. The first-order valence-electron chi connectivity index (χ1n) is 6.26. The van der Waals surface area contributed by atoms with Gasteiger partial charge in [0.05, 0.1) is 6.10 Å². The van der Waals surface area contributed by atoms with Crippen molar-refractivity contribution in [1.82, 2.24) is 0 Å². The summed E-state index contributed by atoms with van der Waals surface area (Å²) in [7, 11) is 0. The van der Waals surface area contributed by atoms with E-state index in [-0.39, 0.29) is 0 Å². The first-order chi connectivity index (χ1) is 8.26. The number of alkyl halides is 3. The fourth-order valence-electron chi connectivity index (χ4n) is 2.02. The summed E-state index contributed by atoms with van der Waals surface area (Å²) in [5, 5.41) is 0. The Bertz CT molecular complexity index is 253. The van der Waals surface area contributed by atoms with Gasteiger partial charge >= 0.3 is 6.18 Å². The van der Waals surface area contributed by atoms with E-state index in [0.717, 1.165) is 6.42 Å². The average molecular weight is 270 g/mol. The van der Waals surface area contributed by atoms with Gasteiger partial charge in [0.25, 0.3) is 0 Å². The Morgan fingerprint density at radius 2 is 1.83 bits per heavy atom. The highest BCUT2D eigenvalue weighted by Gasteiger charge is 2.54. The van der Waals surface area contributed by atoms with Gasteiger partial charge in [0.1, 0.15) is 0 Å². The lowest BCUT2D eigenvalue weighted by atomic mass is 10.1. The van der Waals surface area contributed by atoms with Gasteiger partial charge in [-0.3, -0.25) is 0 Å². The van der Waals surface area contributed by atoms with E-state index in [0.29, 0.717) is 26.1 Å². The molecule has 0 bridgehead atoms. The molecule has 1 rings (SSSR count). The SMILES string of the molecule is CCOCCCC[C@@H]1OC(C)(C)O[C@H]1C(F)(F)F. The van der Waals surface area contributed by atoms with E-state index in [1.165, 1.54) is 13.8 Å². The summed E-state index contributed by atoms with van der Waals surface area (Å²) in [6.45, 7) is 6.10. The van der Waals surface area contributed by atoms with Crippen LogP contribution >= 0.6 is 0 Å². The number of halogens is 3. The molecule has 0 aromatic heterocycles. The van der Waals surface area contributed by atoms with Crippen LogP contribution in [0.2, 0.25) is 0 Å². The summed E-state index contributed by atoms with van der Waals surface area (Å²) in [6.07, 6.45) is -5.41. The minimum Gasteiger partial charge on any atom is -0.382 e. The zero-order valence-electron chi connectivity index (χ0n) is 11.0. The number of hydrogen-bond acceptors (Lipinski definition) is 3. The van der Waals surface area contributed by atoms with Crippen LogP contribution in [0.15, 0.2) is 0 Å². The first kappa shape index (κ1) is 15.7. The van der Waals surface area contributed by atoms with Crippen molar-refractivity contribution in [2.75, 3.05) is 13.2 Å². The van der Waals surface area contributed by atoms with Crippen LogP contribution in [0.1, 0.15) is 40.0 Å². The molecule has 0 amide bonds. The number of rotatable bonds is 6. The molecule has 0 radical (unpaired) electrons. The van der Waals surface area contributed by atoms with Gasteiger partial charge in [0.2, 0.25) is 0 Å². The van der Waals surface area contributed by atoms with Gasteiger partial charge in [-0.25, -0.2) is 0 Å². The normalized spacial score (nSPS) is 27.7. The molecule has 3 nitrogen and oxygen atoms in total. The Labute approximate surface area is 106 Å². The maximum Gasteiger partial charge on any atom is 0.417 e. The van der Waals surface area contributed by atoms with Crippen LogP contribution in [0.25, 0.3) is 0 Å². The molecular weight excluding hydrogens is 249 g/mol. The van der Waals surface area contributed by atoms with Crippen LogP contribution < -0.4 is 0 Å². The van der Waals surface area contributed by atoms with Crippen molar-refractivity contribution in [3.05, 3.63) is 0 Å². The fourth-order valence-corrected chi connectivity index (χ4v) is 2.02. The first-order valence-corrected chi connectivity index (χ1v) is 6.26. The lowest BCUT2D eigenvalue weighted by Gasteiger charge is -2.19. The van der Waals surface area contributed by atoms with E-state index in [1.54, 1.807) is 0 Å². The molecular formula is C12H21F3O3. The molecule has 1 heterocycles. The Hall–Kier alpha value is -0.330. The molecule has 1 aliphatic heterocycles. The summed E-state index contributed by atoms with van der Waals surface area (Å²) in [5.74, 6) is -1.16. The molecule has 0 unspecified atom stereocenters. The van der Waals surface area contributed by atoms with Crippen molar-refractivity contribution in [2.45, 2.75) is 64.2 Å². The lowest BCUT2D eigenvalue weighted by Crippen LogP contribution is -2.37. The molecule has 0 aromatic carbocycles. The zero-order valence-corrected chi connectivity index (χ0v) is 11.0. The van der Waals surface area contributed by atoms with Crippen molar-refractivity contribution in [2.24, 2.45) is 0 Å². The highest BCUT2D eigenvalue weighted by atomic mass is 19.4. The summed E-state index contributed by atoms with van der Waals surface area (Å²) < 4.78 is 53.6. The lowest BCUT2D eigenvalue weighted by molar-refractivity contribution is -0.233. The molecule has 1 aliphatic rings. The highest BCUT2D eigenvalue weighted by Crippen LogP contribution is 2.39. The maximum atomic E-state index is 12.8. The van der Waals surface area contributed by atoms with Crippen molar-refractivity contribution >= 4 is 0 Å². The molecule has 1 saturated heterocycles. The van der Waals surface area contributed by atoms with E-state index >= 15 is 0 Å². The molecule has 2 atom stereocenters. The topological polar surface area (TPSA) is 27.7 Å². The third-order valence-electron chi connectivity index (χ3n) is 2.74. The van der Waals surface area contributed by atoms with Gasteiger partial charge in [0.15, 0.2) is 11.9 Å². The maximum absolute atomic E-state index is 12.8. The number of hydrogen-bond donors (Lipinski definition) is 0. The Morgan fingerprint density at radius 1 is 1.17 bits per heavy atom. The van der Waals surface area contributed by atoms with Gasteiger partial charge in [-0.15, -0.1) is 0 Å². The molecule has 0 aromatic rings. The largest absolute Gasteiger partial charge is 0.417 e. The molecule has 0 aliphatic carbocycles. The van der Waals surface area contributed by atoms with Crippen molar-refractivity contribution in [1.29, 1.82) is 0 Å². The molecule has 0 N–H and O–H groups in total. The van der Waals surface area contributed by atoms with E-state index in [4.69, 9.17) is 14.2 Å². The van der Waals surface area contributed by atoms with Gasteiger partial charge in [-0.1, -0.05) is 0 Å². The molecule has 0 saturated carbocycles. The monoisotopic (exact) mass is 270 g/mol. The van der Waals surface area contributed by atoms with E-state index in [1.807, 2.05) is 6.92 Å². The van der Waals surface area contributed by atoms with Crippen LogP contribution in [0.3, 0.4) is 0 Å². The van der Waals surface area contributed by atoms with Gasteiger partial charge in [0, 0.05) is 13.2 Å². The smallest absolute Gasteiger partial charge is 0.382 e. The van der Waals surface area contributed by atoms with Crippen molar-refractivity contribution in [3.63, 3.8) is 0 Å². The predicted molar refractivity (Wildman–Crippen MR) is 60.2 cm³/mol. The molecule has 0 spiro atoms. The molecule has 18 heavy (non-hydrogen) atoms. The van der Waals surface area contributed by atoms with Crippen molar-refractivity contribution in [3.8, 4) is 0 Å². The predicted octanol–water partition coefficient (Wildman–Crippen LogP) is 3.28. The van der Waals surface area contributed by atoms with Crippen LogP contribution in [0.4, 0.5) is 13.2 Å². The van der Waals surface area contributed by atoms with E-state index < -0.39 is 24.2 Å². The Kier molecular flexibility index (Phi) is 5.43. The molecule has 6 heteroatoms. The highest BCUT2D eigenvalue weighted by molar-refractivity contribution is 4.86. The second kappa shape index (κ2) is 6.21. The van der Waals surface area contributed by atoms with Crippen LogP contribution in [0.5, 0.6) is 0 Å². The van der Waals surface area contributed by atoms with E-state index in [2.05, 4.69) is 0 Å². The third-order valence-corrected chi connectivity index (χ3v) is 2.74. The fraction of sp³-hybridized carbons (Fsp3) is 1.00. The average Bonchev–Trinajstić information content (AvgIpc) is 2.53. The second-order valence-corrected chi connectivity index (χ2v) is 4.83. The summed E-state index contributed by atoms with van der Waals surface area (Å²) in [5.41, 5.74) is 0. The van der Waals surface area contributed by atoms with Crippen LogP contribution in [-0.4, -0.2) is 37.4 Å². The van der Waals surface area contributed by atoms with E-state index in [9.17, 15) is 13.2 Å². The standard InChI is InChI=1S/C12H21F3O3/c1-4-16-8-6-5-7-9-10(12(13,14)15)18-11(2,3)17-9/h9-10H,4-8H2,1-3H3/t9-,10+/m0/s1. The van der Waals surface area contributed by atoms with Crippen LogP contribution in [0, 0.1) is 0 Å². The third kappa shape index (κ3) is 4.74. The van der Waals surface area contributed by atoms with Gasteiger partial charge in [-0.2, -0.15) is 13.2 Å². The van der Waals surface area contributed by atoms with Gasteiger partial charge < -0.3 is 14.2 Å². The summed E-state index contributed by atoms with van der Waals surface area (Å²) in [4.78, 5) is 0. The van der Waals surface area contributed by atoms with Crippen LogP contribution in [-0.2, 0) is 14.2 Å². The minimum atomic E-state index is -4.38. The van der Waals surface area contributed by atoms with Crippen molar-refractivity contribution < 1.29 is 27.4 Å². The second-order valence-electron chi connectivity index (χ2n) is 4.83. The zero-order chi connectivity index (χ0) is 13.8. The quantitative estimate of drug-likeness (QED) is 0.693. The van der Waals surface area contributed by atoms with Gasteiger partial charge in [-0.05, 0) is 40.0 Å². The Balaban J connectivity index is 2.42. The summed E-state index contributed by atoms with van der Waals surface area (Å²) in [6, 6.07) is 0. The number of ether oxygens (including phenoxy) is 3. The Morgan fingerprint density at radius 3 is 2.39 bits per heavy atom. The number of unbranched alkanes of at least 4 members (excludes halogenated alkanes) is 1.